The van der Waals surface area contributed by atoms with Gasteiger partial charge >= 0.3 is 0 Å². The zero-order chi connectivity index (χ0) is 16.1. The van der Waals surface area contributed by atoms with Crippen LogP contribution in [0.15, 0.2) is 48.6 Å². The number of nitrogens with zero attached hydrogens (tertiary/aromatic N) is 1. The molecule has 1 aromatic carbocycles. The van der Waals surface area contributed by atoms with E-state index in [2.05, 4.69) is 6.58 Å². The average Bonchev–Trinajstić information content (AvgIpc) is 2.55. The van der Waals surface area contributed by atoms with Crippen LogP contribution in [-0.2, 0) is 4.79 Å². The van der Waals surface area contributed by atoms with Crippen molar-refractivity contribution in [1.29, 1.82) is 0 Å². The summed E-state index contributed by atoms with van der Waals surface area (Å²) in [5.41, 5.74) is 1.45. The Hall–Kier alpha value is -2.69. The first-order valence-corrected chi connectivity index (χ1v) is 6.76. The van der Waals surface area contributed by atoms with Gasteiger partial charge in [-0.15, -0.1) is 0 Å². The summed E-state index contributed by atoms with van der Waals surface area (Å²) in [6, 6.07) is 3.52. The van der Waals surface area contributed by atoms with Crippen LogP contribution in [0.3, 0.4) is 0 Å². The summed E-state index contributed by atoms with van der Waals surface area (Å²) in [6.45, 7) is 4.13. The molecule has 5 nitrogen and oxygen atoms in total. The highest BCUT2D eigenvalue weighted by atomic mass is 16.5. The molecule has 0 saturated carbocycles. The van der Waals surface area contributed by atoms with Crippen molar-refractivity contribution in [2.45, 2.75) is 0 Å². The first kappa shape index (κ1) is 15.7. The van der Waals surface area contributed by atoms with Gasteiger partial charge in [-0.05, 0) is 0 Å². The fourth-order valence-electron chi connectivity index (χ4n) is 2.20. The molecule has 116 valence electrons. The third kappa shape index (κ3) is 2.83. The number of amides is 1. The Morgan fingerprint density at radius 2 is 1.73 bits per heavy atom. The molecule has 0 bridgehead atoms. The molecule has 1 aliphatic heterocycles. The van der Waals surface area contributed by atoms with Gasteiger partial charge in [-0.2, -0.15) is 0 Å². The zero-order valence-corrected chi connectivity index (χ0v) is 13.0. The smallest absolute Gasteiger partial charge is 0.256 e. The molecule has 0 N–H and O–H groups in total. The average molecular weight is 301 g/mol. The van der Waals surface area contributed by atoms with E-state index >= 15 is 0 Å². The summed E-state index contributed by atoms with van der Waals surface area (Å²) in [6.07, 6.45) is 7.03. The molecule has 1 fully saturated rings. The number of anilines is 1. The molecule has 0 spiro atoms. The zero-order valence-electron chi connectivity index (χ0n) is 13.0. The minimum atomic E-state index is -0.0389. The summed E-state index contributed by atoms with van der Waals surface area (Å²) in [4.78, 5) is 13.8. The molecule has 1 aliphatic rings. The first-order chi connectivity index (χ1) is 10.7. The summed E-state index contributed by atoms with van der Waals surface area (Å²) in [7, 11) is 4.64. The Bertz CT molecular complexity index is 621. The van der Waals surface area contributed by atoms with Crippen molar-refractivity contribution in [3.05, 3.63) is 48.6 Å². The van der Waals surface area contributed by atoms with Gasteiger partial charge < -0.3 is 19.1 Å². The highest BCUT2D eigenvalue weighted by Gasteiger charge is 2.32. The Labute approximate surface area is 130 Å². The van der Waals surface area contributed by atoms with E-state index in [0.29, 0.717) is 29.5 Å². The molecule has 1 heterocycles. The van der Waals surface area contributed by atoms with Crippen molar-refractivity contribution in [1.82, 2.24) is 0 Å². The molecule has 0 aromatic heterocycles. The van der Waals surface area contributed by atoms with Crippen molar-refractivity contribution in [2.24, 2.45) is 0 Å². The van der Waals surface area contributed by atoms with E-state index in [9.17, 15) is 4.79 Å². The van der Waals surface area contributed by atoms with Gasteiger partial charge in [-0.25, -0.2) is 0 Å². The fraction of sp³-hybridized carbons (Fsp3) is 0.235. The second-order valence-electron chi connectivity index (χ2n) is 4.59. The number of β-lactam (4-membered cyclic amide) rings is 1. The van der Waals surface area contributed by atoms with Gasteiger partial charge in [0.2, 0.25) is 5.75 Å². The highest BCUT2D eigenvalue weighted by molar-refractivity contribution is 6.14. The third-order valence-corrected chi connectivity index (χ3v) is 3.35. The molecule has 22 heavy (non-hydrogen) atoms. The summed E-state index contributed by atoms with van der Waals surface area (Å²) >= 11 is 0. The Morgan fingerprint density at radius 3 is 2.18 bits per heavy atom. The number of rotatable bonds is 6. The molecule has 1 aromatic rings. The molecule has 0 atom stereocenters. The van der Waals surface area contributed by atoms with Gasteiger partial charge in [0.05, 0.1) is 33.6 Å². The Balaban J connectivity index is 2.28. The van der Waals surface area contributed by atoms with Gasteiger partial charge in [0.15, 0.2) is 11.5 Å². The molecule has 0 radical (unpaired) electrons. The topological polar surface area (TPSA) is 48.0 Å². The van der Waals surface area contributed by atoms with Crippen LogP contribution in [0, 0.1) is 0 Å². The van der Waals surface area contributed by atoms with E-state index in [4.69, 9.17) is 14.2 Å². The number of allylic oxidation sites excluding steroid dienone is 4. The molecule has 0 aliphatic carbocycles. The van der Waals surface area contributed by atoms with E-state index in [-0.39, 0.29) is 5.91 Å². The van der Waals surface area contributed by atoms with Crippen LogP contribution < -0.4 is 19.1 Å². The number of hydrogen-bond acceptors (Lipinski definition) is 4. The van der Waals surface area contributed by atoms with Crippen LogP contribution in [-0.4, -0.2) is 33.8 Å². The van der Waals surface area contributed by atoms with Crippen molar-refractivity contribution >= 4 is 11.6 Å². The molecule has 1 amide bonds. The van der Waals surface area contributed by atoms with Crippen molar-refractivity contribution in [3.63, 3.8) is 0 Å². The quantitative estimate of drug-likeness (QED) is 0.460. The van der Waals surface area contributed by atoms with E-state index in [1.807, 2.05) is 0 Å². The lowest BCUT2D eigenvalue weighted by atomic mass is 10.0. The first-order valence-electron chi connectivity index (χ1n) is 6.76. The van der Waals surface area contributed by atoms with Crippen LogP contribution in [0.5, 0.6) is 17.2 Å². The van der Waals surface area contributed by atoms with Crippen LogP contribution in [0.1, 0.15) is 0 Å². The number of carbonyl (C=O) groups excluding carboxylic acids is 1. The van der Waals surface area contributed by atoms with Crippen LogP contribution in [0.2, 0.25) is 0 Å². The molecule has 1 saturated heterocycles. The lowest BCUT2D eigenvalue weighted by Crippen LogP contribution is -2.46. The number of hydrogen-bond donors (Lipinski definition) is 0. The number of ether oxygens (including phenoxy) is 3. The van der Waals surface area contributed by atoms with Gasteiger partial charge in [-0.3, -0.25) is 4.79 Å². The van der Waals surface area contributed by atoms with E-state index in [1.165, 1.54) is 0 Å². The molecule has 5 heteroatoms. The predicted octanol–water partition coefficient (Wildman–Crippen LogP) is 2.73. The van der Waals surface area contributed by atoms with Crippen LogP contribution >= 0.6 is 0 Å². The molecular weight excluding hydrogens is 282 g/mol. The number of benzene rings is 1. The standard InChI is InChI=1S/C17H19NO4/c1-5-6-7-8-12-11-18(17(12)19)13-9-14(20-2)16(22-4)15(10-13)21-3/h5-10H,1,11H2,2-4H3/b7-6+,12-8+. The SMILES string of the molecule is C=C/C=C/C=C1\CN(c2cc(OC)c(OC)c(OC)c2)C1=O. The van der Waals surface area contributed by atoms with Crippen LogP contribution in [0.25, 0.3) is 0 Å². The Morgan fingerprint density at radius 1 is 1.09 bits per heavy atom. The van der Waals surface area contributed by atoms with Gasteiger partial charge in [0.25, 0.3) is 5.91 Å². The van der Waals surface area contributed by atoms with Gasteiger partial charge in [-0.1, -0.05) is 30.9 Å². The number of methoxy groups -OCH3 is 3. The maximum atomic E-state index is 12.2. The van der Waals surface area contributed by atoms with E-state index in [1.54, 1.807) is 62.7 Å². The molecule has 2 rings (SSSR count). The van der Waals surface area contributed by atoms with Crippen molar-refractivity contribution in [3.8, 4) is 17.2 Å². The van der Waals surface area contributed by atoms with E-state index < -0.39 is 0 Å². The largest absolute Gasteiger partial charge is 0.493 e. The fourth-order valence-corrected chi connectivity index (χ4v) is 2.20. The van der Waals surface area contributed by atoms with Crippen LogP contribution in [0.4, 0.5) is 5.69 Å². The van der Waals surface area contributed by atoms with E-state index in [0.717, 1.165) is 5.57 Å². The maximum Gasteiger partial charge on any atom is 0.256 e. The lowest BCUT2D eigenvalue weighted by Gasteiger charge is -2.33. The molecule has 0 unspecified atom stereocenters. The minimum absolute atomic E-state index is 0.0389. The normalized spacial score (nSPS) is 15.9. The van der Waals surface area contributed by atoms with Crippen molar-refractivity contribution < 1.29 is 19.0 Å². The molecular formula is C17H19NO4. The summed E-state index contributed by atoms with van der Waals surface area (Å²) < 4.78 is 15.9. The predicted molar refractivity (Wildman–Crippen MR) is 85.9 cm³/mol. The second-order valence-corrected chi connectivity index (χ2v) is 4.59. The second kappa shape index (κ2) is 6.85. The monoisotopic (exact) mass is 301 g/mol. The van der Waals surface area contributed by atoms with Gasteiger partial charge in [0, 0.05) is 17.7 Å². The Kier molecular flexibility index (Phi) is 4.88. The summed E-state index contributed by atoms with van der Waals surface area (Å²) in [5.74, 6) is 1.51. The summed E-state index contributed by atoms with van der Waals surface area (Å²) in [5, 5.41) is 0. The lowest BCUT2D eigenvalue weighted by molar-refractivity contribution is -0.117. The number of carbonyl (C=O) groups is 1. The van der Waals surface area contributed by atoms with Gasteiger partial charge in [0.1, 0.15) is 0 Å². The maximum absolute atomic E-state index is 12.2. The highest BCUT2D eigenvalue weighted by Crippen LogP contribution is 2.42. The van der Waals surface area contributed by atoms with Crippen molar-refractivity contribution in [2.75, 3.05) is 32.8 Å². The third-order valence-electron chi connectivity index (χ3n) is 3.35. The minimum Gasteiger partial charge on any atom is -0.493 e.